The van der Waals surface area contributed by atoms with Crippen molar-refractivity contribution in [3.63, 3.8) is 0 Å². The fourth-order valence-electron chi connectivity index (χ4n) is 8.60. The summed E-state index contributed by atoms with van der Waals surface area (Å²) < 4.78 is 11.8. The Balaban J connectivity index is 1.04. The summed E-state index contributed by atoms with van der Waals surface area (Å²) >= 11 is 0. The third-order valence-electron chi connectivity index (χ3n) is 11.4. The number of fused-ring (bicyclic) bond motifs is 6. The van der Waals surface area contributed by atoms with Crippen LogP contribution in [0.5, 0.6) is 11.5 Å². The van der Waals surface area contributed by atoms with E-state index in [0.717, 1.165) is 84.3 Å². The van der Waals surface area contributed by atoms with Gasteiger partial charge in [-0.05, 0) is 110 Å². The zero-order valence-corrected chi connectivity index (χ0v) is 30.1. The molecule has 4 aromatic carbocycles. The Morgan fingerprint density at radius 2 is 0.963 bits per heavy atom. The van der Waals surface area contributed by atoms with Gasteiger partial charge in [-0.1, -0.05) is 72.8 Å². The van der Waals surface area contributed by atoms with Crippen molar-refractivity contribution in [3.05, 3.63) is 119 Å². The van der Waals surface area contributed by atoms with E-state index in [0.29, 0.717) is 48.9 Å². The molecule has 0 aliphatic heterocycles. The number of ether oxygens (including phenoxy) is 2. The van der Waals surface area contributed by atoms with E-state index in [-0.39, 0.29) is 11.5 Å². The smallest absolute Gasteiger partial charge is 0.336 e. The molecule has 10 nitrogen and oxygen atoms in total. The van der Waals surface area contributed by atoms with Crippen molar-refractivity contribution < 1.29 is 28.7 Å². The van der Waals surface area contributed by atoms with Gasteiger partial charge in [-0.15, -0.1) is 0 Å². The highest BCUT2D eigenvalue weighted by Gasteiger charge is 2.51. The lowest BCUT2D eigenvalue weighted by molar-refractivity contribution is -0.131. The van der Waals surface area contributed by atoms with Crippen molar-refractivity contribution in [3.8, 4) is 33.8 Å². The molecule has 0 radical (unpaired) electrons. The summed E-state index contributed by atoms with van der Waals surface area (Å²) in [6, 6.07) is 26.9. The standard InChI is InChI=1S/C44H44N4O6/c45-41(51)43(23-7-25-47-27-17-18-27)33-13-3-1-9-29(33)31-11-5-15-35(39(31)43)53-37(49)21-22-38(50)54-36-16-6-12-32-30-10-2-4-14-34(30)44(40(32)36,42(46)52)24-8-26-48-28-19-20-28/h1-6,9-16,21-22,27-28,47-48H,7-8,17-20,23-26H2,(H2,45,51)(H2,46,52)/b22-21-. The summed E-state index contributed by atoms with van der Waals surface area (Å²) in [6.45, 7) is 1.47. The lowest BCUT2D eigenvalue weighted by Crippen LogP contribution is -2.41. The van der Waals surface area contributed by atoms with Gasteiger partial charge < -0.3 is 31.6 Å². The van der Waals surface area contributed by atoms with E-state index in [1.807, 2.05) is 60.7 Å². The fourth-order valence-corrected chi connectivity index (χ4v) is 8.60. The number of hydrogen-bond acceptors (Lipinski definition) is 8. The highest BCUT2D eigenvalue weighted by Crippen LogP contribution is 2.56. The van der Waals surface area contributed by atoms with Crippen molar-refractivity contribution in [2.24, 2.45) is 11.5 Å². The molecule has 8 rings (SSSR count). The van der Waals surface area contributed by atoms with E-state index < -0.39 is 34.6 Å². The Morgan fingerprint density at radius 3 is 1.35 bits per heavy atom. The molecule has 4 aliphatic carbocycles. The predicted octanol–water partition coefficient (Wildman–Crippen LogP) is 5.32. The van der Waals surface area contributed by atoms with Crippen molar-refractivity contribution >= 4 is 23.8 Å². The van der Waals surface area contributed by atoms with Crippen LogP contribution in [0.15, 0.2) is 97.1 Å². The first-order valence-electron chi connectivity index (χ1n) is 18.9. The van der Waals surface area contributed by atoms with E-state index in [4.69, 9.17) is 20.9 Å². The van der Waals surface area contributed by atoms with Gasteiger partial charge in [0.2, 0.25) is 11.8 Å². The Morgan fingerprint density at radius 1 is 0.574 bits per heavy atom. The van der Waals surface area contributed by atoms with E-state index in [1.165, 1.54) is 0 Å². The minimum Gasteiger partial charge on any atom is -0.423 e. The molecule has 0 bridgehead atoms. The lowest BCUT2D eigenvalue weighted by Gasteiger charge is -2.30. The van der Waals surface area contributed by atoms with E-state index in [1.54, 1.807) is 24.3 Å². The molecule has 2 amide bonds. The van der Waals surface area contributed by atoms with Crippen LogP contribution in [0.3, 0.4) is 0 Å². The number of rotatable bonds is 16. The monoisotopic (exact) mass is 724 g/mol. The summed E-state index contributed by atoms with van der Waals surface area (Å²) in [5, 5.41) is 7.01. The van der Waals surface area contributed by atoms with Crippen LogP contribution in [-0.2, 0) is 30.0 Å². The second-order valence-corrected chi connectivity index (χ2v) is 14.8. The van der Waals surface area contributed by atoms with Gasteiger partial charge in [0, 0.05) is 35.4 Å². The van der Waals surface area contributed by atoms with Crippen LogP contribution in [0.4, 0.5) is 0 Å². The SMILES string of the molecule is NC(=O)C1(CCCNC2CC2)c2ccccc2-c2cccc(OC(=O)/C=C\C(=O)Oc3cccc4c3C(CCCNC3CC3)(C(N)=O)c3ccccc3-4)c21. The average molecular weight is 725 g/mol. The topological polar surface area (TPSA) is 163 Å². The van der Waals surface area contributed by atoms with Crippen LogP contribution < -0.4 is 31.6 Å². The Hall–Kier alpha value is -5.58. The molecular formula is C44H44N4O6. The number of hydrogen-bond donors (Lipinski definition) is 4. The molecule has 4 aliphatic rings. The van der Waals surface area contributed by atoms with Gasteiger partial charge in [0.15, 0.2) is 0 Å². The number of carbonyl (C=O) groups excluding carboxylic acids is 4. The Labute approximate surface area is 314 Å². The number of nitrogens with two attached hydrogens (primary N) is 2. The molecule has 0 heterocycles. The van der Waals surface area contributed by atoms with Gasteiger partial charge in [-0.3, -0.25) is 9.59 Å². The first-order valence-corrected chi connectivity index (χ1v) is 18.9. The summed E-state index contributed by atoms with van der Waals surface area (Å²) in [4.78, 5) is 53.8. The van der Waals surface area contributed by atoms with Gasteiger partial charge in [0.05, 0.1) is 0 Å². The number of nitrogens with one attached hydrogen (secondary N) is 2. The molecule has 2 saturated carbocycles. The molecule has 0 aromatic heterocycles. The van der Waals surface area contributed by atoms with Gasteiger partial charge in [-0.25, -0.2) is 9.59 Å². The van der Waals surface area contributed by atoms with Crippen LogP contribution in [0, 0.1) is 0 Å². The number of carbonyl (C=O) groups is 4. The third kappa shape index (κ3) is 6.29. The van der Waals surface area contributed by atoms with Gasteiger partial charge in [-0.2, -0.15) is 0 Å². The Kier molecular flexibility index (Phi) is 9.41. The summed E-state index contributed by atoms with van der Waals surface area (Å²) in [7, 11) is 0. The van der Waals surface area contributed by atoms with Gasteiger partial charge in [0.25, 0.3) is 0 Å². The molecule has 6 N–H and O–H groups in total. The largest absolute Gasteiger partial charge is 0.423 e. The zero-order chi connectivity index (χ0) is 37.5. The molecule has 0 saturated heterocycles. The quantitative estimate of drug-likeness (QED) is 0.0522. The van der Waals surface area contributed by atoms with Crippen LogP contribution in [0.2, 0.25) is 0 Å². The molecule has 2 fully saturated rings. The van der Waals surface area contributed by atoms with E-state index in [2.05, 4.69) is 10.6 Å². The van der Waals surface area contributed by atoms with Crippen LogP contribution >= 0.6 is 0 Å². The van der Waals surface area contributed by atoms with Gasteiger partial charge >= 0.3 is 11.9 Å². The molecule has 10 heteroatoms. The van der Waals surface area contributed by atoms with E-state index in [9.17, 15) is 19.2 Å². The first-order chi connectivity index (χ1) is 26.2. The number of amides is 2. The maximum absolute atomic E-state index is 13.5. The average Bonchev–Trinajstić information content (AvgIpc) is 4.12. The number of primary amides is 2. The first kappa shape index (κ1) is 35.4. The Bertz CT molecular complexity index is 2040. The third-order valence-corrected chi connectivity index (χ3v) is 11.4. The summed E-state index contributed by atoms with van der Waals surface area (Å²) in [6.07, 6.45) is 8.84. The number of esters is 2. The van der Waals surface area contributed by atoms with Gasteiger partial charge in [0.1, 0.15) is 22.3 Å². The maximum atomic E-state index is 13.5. The van der Waals surface area contributed by atoms with E-state index >= 15 is 0 Å². The maximum Gasteiger partial charge on any atom is 0.336 e. The lowest BCUT2D eigenvalue weighted by atomic mass is 9.73. The highest BCUT2D eigenvalue weighted by molar-refractivity contribution is 6.03. The second-order valence-electron chi connectivity index (χ2n) is 14.8. The molecule has 0 spiro atoms. The summed E-state index contributed by atoms with van der Waals surface area (Å²) in [5.41, 5.74) is 16.0. The zero-order valence-electron chi connectivity index (χ0n) is 30.1. The van der Waals surface area contributed by atoms with Crippen LogP contribution in [0.25, 0.3) is 22.3 Å². The van der Waals surface area contributed by atoms with Crippen molar-refractivity contribution in [2.75, 3.05) is 13.1 Å². The second kappa shape index (κ2) is 14.3. The van der Waals surface area contributed by atoms with Crippen molar-refractivity contribution in [1.29, 1.82) is 0 Å². The minimum absolute atomic E-state index is 0.196. The van der Waals surface area contributed by atoms with Crippen LogP contribution in [0.1, 0.15) is 73.6 Å². The molecule has 54 heavy (non-hydrogen) atoms. The minimum atomic E-state index is -1.21. The highest BCUT2D eigenvalue weighted by atomic mass is 16.5. The molecule has 276 valence electrons. The van der Waals surface area contributed by atoms with Crippen LogP contribution in [-0.4, -0.2) is 48.9 Å². The van der Waals surface area contributed by atoms with Crippen molar-refractivity contribution in [2.45, 2.75) is 74.3 Å². The molecular weight excluding hydrogens is 681 g/mol. The molecule has 2 atom stereocenters. The number of benzene rings is 4. The normalized spacial score (nSPS) is 20.5. The van der Waals surface area contributed by atoms with Crippen molar-refractivity contribution in [1.82, 2.24) is 10.6 Å². The summed E-state index contributed by atoms with van der Waals surface area (Å²) in [5.74, 6) is -2.31. The predicted molar refractivity (Wildman–Crippen MR) is 205 cm³/mol. The molecule has 2 unspecified atom stereocenters. The molecule has 4 aromatic rings. The fraction of sp³-hybridized carbons (Fsp3) is 0.318.